The van der Waals surface area contributed by atoms with Crippen molar-refractivity contribution in [3.05, 3.63) is 29.6 Å². The monoisotopic (exact) mass is 262 g/mol. The van der Waals surface area contributed by atoms with E-state index in [1.54, 1.807) is 6.07 Å². The third-order valence-corrected chi connectivity index (χ3v) is 5.13. The molecule has 2 N–H and O–H groups in total. The molecule has 1 saturated carbocycles. The maximum absolute atomic E-state index is 13.8. The van der Waals surface area contributed by atoms with Gasteiger partial charge in [0.1, 0.15) is 5.82 Å². The van der Waals surface area contributed by atoms with Crippen LogP contribution in [0.3, 0.4) is 0 Å². The average Bonchev–Trinajstić information content (AvgIpc) is 2.88. The van der Waals surface area contributed by atoms with Crippen LogP contribution in [0.15, 0.2) is 18.2 Å². The lowest BCUT2D eigenvalue weighted by molar-refractivity contribution is 0.226. The molecule has 0 aromatic heterocycles. The van der Waals surface area contributed by atoms with Crippen molar-refractivity contribution in [2.45, 2.75) is 45.1 Å². The van der Waals surface area contributed by atoms with Gasteiger partial charge in [0.25, 0.3) is 0 Å². The topological polar surface area (TPSA) is 29.3 Å². The van der Waals surface area contributed by atoms with E-state index in [9.17, 15) is 4.39 Å². The summed E-state index contributed by atoms with van der Waals surface area (Å²) in [6, 6.07) is 5.32. The van der Waals surface area contributed by atoms with Crippen molar-refractivity contribution in [3.8, 4) is 0 Å². The molecule has 1 saturated heterocycles. The van der Waals surface area contributed by atoms with Gasteiger partial charge in [0.05, 0.1) is 0 Å². The van der Waals surface area contributed by atoms with Crippen LogP contribution < -0.4 is 10.6 Å². The van der Waals surface area contributed by atoms with Gasteiger partial charge >= 0.3 is 0 Å². The van der Waals surface area contributed by atoms with Crippen LogP contribution in [-0.4, -0.2) is 13.1 Å². The second-order valence-electron chi connectivity index (χ2n) is 6.14. The molecular formula is C16H23FN2. The predicted octanol–water partition coefficient (Wildman–Crippen LogP) is 3.45. The smallest absolute Gasteiger partial charge is 0.129 e. The van der Waals surface area contributed by atoms with Gasteiger partial charge in [-0.05, 0) is 43.2 Å². The lowest BCUT2D eigenvalue weighted by Gasteiger charge is -2.41. The molecule has 1 aliphatic carbocycles. The van der Waals surface area contributed by atoms with E-state index in [4.69, 9.17) is 5.73 Å². The molecule has 19 heavy (non-hydrogen) atoms. The molecular weight excluding hydrogens is 239 g/mol. The molecule has 2 fully saturated rings. The molecule has 3 rings (SSSR count). The van der Waals surface area contributed by atoms with Crippen molar-refractivity contribution < 1.29 is 4.39 Å². The van der Waals surface area contributed by atoms with Gasteiger partial charge in [-0.2, -0.15) is 0 Å². The summed E-state index contributed by atoms with van der Waals surface area (Å²) in [7, 11) is 0. The summed E-state index contributed by atoms with van der Waals surface area (Å²) >= 11 is 0. The molecule has 1 aromatic rings. The number of benzene rings is 1. The van der Waals surface area contributed by atoms with E-state index in [0.29, 0.717) is 11.0 Å². The van der Waals surface area contributed by atoms with Gasteiger partial charge in [-0.3, -0.25) is 0 Å². The Balaban J connectivity index is 1.76. The van der Waals surface area contributed by atoms with Crippen molar-refractivity contribution in [2.75, 3.05) is 18.0 Å². The summed E-state index contributed by atoms with van der Waals surface area (Å²) in [6.45, 7) is 2.39. The van der Waals surface area contributed by atoms with Crippen molar-refractivity contribution in [1.29, 1.82) is 0 Å². The predicted molar refractivity (Wildman–Crippen MR) is 76.6 cm³/mol. The highest BCUT2D eigenvalue weighted by molar-refractivity contribution is 5.54. The minimum absolute atomic E-state index is 0.166. The fraction of sp³-hybridized carbons (Fsp3) is 0.625. The van der Waals surface area contributed by atoms with Crippen LogP contribution in [0.4, 0.5) is 10.1 Å². The molecule has 0 unspecified atom stereocenters. The highest BCUT2D eigenvalue weighted by Crippen LogP contribution is 2.46. The first-order chi connectivity index (χ1) is 9.24. The Bertz CT molecular complexity index is 442. The third-order valence-electron chi connectivity index (χ3n) is 5.13. The average molecular weight is 262 g/mol. The SMILES string of the molecule is NCc1c(F)cccc1N1CCC2(CCCC2)CC1. The molecule has 0 bridgehead atoms. The normalized spacial score (nSPS) is 22.1. The first kappa shape index (κ1) is 12.9. The highest BCUT2D eigenvalue weighted by Gasteiger charge is 2.37. The summed E-state index contributed by atoms with van der Waals surface area (Å²) in [5, 5.41) is 0. The second-order valence-corrected chi connectivity index (χ2v) is 6.14. The summed E-state index contributed by atoms with van der Waals surface area (Å²) in [6.07, 6.45) is 8.10. The van der Waals surface area contributed by atoms with Gasteiger partial charge in [-0.15, -0.1) is 0 Å². The zero-order chi connectivity index (χ0) is 13.3. The minimum Gasteiger partial charge on any atom is -0.371 e. The summed E-state index contributed by atoms with van der Waals surface area (Å²) in [5.41, 5.74) is 7.99. The van der Waals surface area contributed by atoms with E-state index in [-0.39, 0.29) is 12.4 Å². The lowest BCUT2D eigenvalue weighted by atomic mass is 9.77. The molecule has 2 nitrogen and oxygen atoms in total. The highest BCUT2D eigenvalue weighted by atomic mass is 19.1. The van der Waals surface area contributed by atoms with Gasteiger partial charge in [0, 0.05) is 30.9 Å². The molecule has 0 amide bonds. The fourth-order valence-electron chi connectivity index (χ4n) is 3.89. The Morgan fingerprint density at radius 1 is 1.11 bits per heavy atom. The molecule has 1 heterocycles. The second kappa shape index (κ2) is 5.12. The summed E-state index contributed by atoms with van der Waals surface area (Å²) in [4.78, 5) is 2.33. The van der Waals surface area contributed by atoms with E-state index in [2.05, 4.69) is 4.90 Å². The Morgan fingerprint density at radius 2 is 1.79 bits per heavy atom. The number of piperidine rings is 1. The number of hydrogen-bond acceptors (Lipinski definition) is 2. The van der Waals surface area contributed by atoms with Crippen LogP contribution in [0.1, 0.15) is 44.1 Å². The van der Waals surface area contributed by atoms with E-state index >= 15 is 0 Å². The van der Waals surface area contributed by atoms with Gasteiger partial charge in [-0.25, -0.2) is 4.39 Å². The number of hydrogen-bond donors (Lipinski definition) is 1. The Labute approximate surface area is 114 Å². The standard InChI is InChI=1S/C16H23FN2/c17-14-4-3-5-15(13(14)12-18)19-10-8-16(9-11-19)6-1-2-7-16/h3-5H,1-2,6-12,18H2. The maximum atomic E-state index is 13.8. The number of nitrogens with two attached hydrogens (primary N) is 1. The van der Waals surface area contributed by atoms with Crippen molar-refractivity contribution in [3.63, 3.8) is 0 Å². The zero-order valence-electron chi connectivity index (χ0n) is 11.5. The molecule has 1 spiro atoms. The van der Waals surface area contributed by atoms with Gasteiger partial charge in [0.15, 0.2) is 0 Å². The molecule has 1 aromatic carbocycles. The number of rotatable bonds is 2. The lowest BCUT2D eigenvalue weighted by Crippen LogP contribution is -2.39. The first-order valence-electron chi connectivity index (χ1n) is 7.47. The van der Waals surface area contributed by atoms with Gasteiger partial charge in [-0.1, -0.05) is 18.9 Å². The fourth-order valence-corrected chi connectivity index (χ4v) is 3.89. The largest absolute Gasteiger partial charge is 0.371 e. The first-order valence-corrected chi connectivity index (χ1v) is 7.47. The molecule has 1 aliphatic heterocycles. The maximum Gasteiger partial charge on any atom is 0.129 e. The molecule has 2 aliphatic rings. The van der Waals surface area contributed by atoms with Gasteiger partial charge < -0.3 is 10.6 Å². The van der Waals surface area contributed by atoms with Crippen LogP contribution >= 0.6 is 0 Å². The van der Waals surface area contributed by atoms with Gasteiger partial charge in [0.2, 0.25) is 0 Å². The van der Waals surface area contributed by atoms with Crippen molar-refractivity contribution in [2.24, 2.45) is 11.1 Å². The van der Waals surface area contributed by atoms with E-state index < -0.39 is 0 Å². The van der Waals surface area contributed by atoms with Crippen LogP contribution in [0.5, 0.6) is 0 Å². The van der Waals surface area contributed by atoms with Crippen LogP contribution in [0, 0.1) is 11.2 Å². The van der Waals surface area contributed by atoms with Crippen molar-refractivity contribution >= 4 is 5.69 Å². The number of anilines is 1. The summed E-state index contributed by atoms with van der Waals surface area (Å²) in [5.74, 6) is -0.166. The molecule has 104 valence electrons. The molecule has 0 atom stereocenters. The van der Waals surface area contributed by atoms with Crippen molar-refractivity contribution in [1.82, 2.24) is 0 Å². The van der Waals surface area contributed by atoms with Crippen LogP contribution in [0.2, 0.25) is 0 Å². The number of nitrogens with zero attached hydrogens (tertiary/aromatic N) is 1. The van der Waals surface area contributed by atoms with Crippen LogP contribution in [-0.2, 0) is 6.54 Å². The molecule has 3 heteroatoms. The van der Waals surface area contributed by atoms with E-state index in [1.165, 1.54) is 44.6 Å². The molecule has 0 radical (unpaired) electrons. The zero-order valence-corrected chi connectivity index (χ0v) is 11.5. The van der Waals surface area contributed by atoms with Crippen LogP contribution in [0.25, 0.3) is 0 Å². The number of halogens is 1. The Morgan fingerprint density at radius 3 is 2.42 bits per heavy atom. The van der Waals surface area contributed by atoms with E-state index in [1.807, 2.05) is 6.07 Å². The Kier molecular flexibility index (Phi) is 3.48. The summed E-state index contributed by atoms with van der Waals surface area (Å²) < 4.78 is 13.8. The minimum atomic E-state index is -0.166. The third kappa shape index (κ3) is 2.36. The quantitative estimate of drug-likeness (QED) is 0.884. The van der Waals surface area contributed by atoms with E-state index in [0.717, 1.165) is 18.8 Å². The Hall–Kier alpha value is -1.09.